The maximum atomic E-state index is 10.7. The Morgan fingerprint density at radius 3 is 2.08 bits per heavy atom. The molecule has 4 heteroatoms. The van der Waals surface area contributed by atoms with Gasteiger partial charge in [0.05, 0.1) is 12.4 Å². The van der Waals surface area contributed by atoms with Crippen molar-refractivity contribution in [2.45, 2.75) is 46.1 Å². The lowest BCUT2D eigenvalue weighted by Gasteiger charge is -2.11. The van der Waals surface area contributed by atoms with Gasteiger partial charge in [-0.3, -0.25) is 4.18 Å². The average molecular weight is 208 g/mol. The first-order chi connectivity index (χ1) is 5.81. The van der Waals surface area contributed by atoms with Crippen LogP contribution in [0.1, 0.15) is 40.0 Å². The van der Waals surface area contributed by atoms with Crippen molar-refractivity contribution in [2.75, 3.05) is 6.26 Å². The van der Waals surface area contributed by atoms with Gasteiger partial charge in [-0.05, 0) is 19.3 Å². The summed E-state index contributed by atoms with van der Waals surface area (Å²) in [6.45, 7) is 6.10. The van der Waals surface area contributed by atoms with E-state index in [0.29, 0.717) is 5.92 Å². The Hall–Kier alpha value is -0.0900. The van der Waals surface area contributed by atoms with Crippen molar-refractivity contribution in [1.29, 1.82) is 0 Å². The van der Waals surface area contributed by atoms with Gasteiger partial charge < -0.3 is 0 Å². The van der Waals surface area contributed by atoms with Crippen molar-refractivity contribution >= 4 is 10.1 Å². The summed E-state index contributed by atoms with van der Waals surface area (Å²) in [5.74, 6) is 0.672. The molecule has 0 aromatic rings. The van der Waals surface area contributed by atoms with Gasteiger partial charge in [0.2, 0.25) is 0 Å². The third-order valence-electron chi connectivity index (χ3n) is 1.73. The van der Waals surface area contributed by atoms with E-state index in [1.54, 1.807) is 6.92 Å². The molecule has 13 heavy (non-hydrogen) atoms. The third-order valence-corrected chi connectivity index (χ3v) is 2.41. The summed E-state index contributed by atoms with van der Waals surface area (Å²) in [5.41, 5.74) is 0. The van der Waals surface area contributed by atoms with Gasteiger partial charge in [-0.2, -0.15) is 8.42 Å². The molecule has 0 rings (SSSR count). The van der Waals surface area contributed by atoms with Gasteiger partial charge in [0.1, 0.15) is 0 Å². The molecule has 0 unspecified atom stereocenters. The normalized spacial score (nSPS) is 14.8. The van der Waals surface area contributed by atoms with E-state index in [2.05, 4.69) is 13.8 Å². The first kappa shape index (κ1) is 12.9. The molecule has 0 amide bonds. The molecular weight excluding hydrogens is 188 g/mol. The van der Waals surface area contributed by atoms with Gasteiger partial charge in [-0.1, -0.05) is 26.7 Å². The highest BCUT2D eigenvalue weighted by atomic mass is 32.2. The average Bonchev–Trinajstić information content (AvgIpc) is 1.81. The van der Waals surface area contributed by atoms with Gasteiger partial charge in [-0.15, -0.1) is 0 Å². The van der Waals surface area contributed by atoms with Crippen LogP contribution in [-0.2, 0) is 14.3 Å². The van der Waals surface area contributed by atoms with Gasteiger partial charge in [0.25, 0.3) is 10.1 Å². The Bertz CT molecular complexity index is 219. The molecule has 0 bridgehead atoms. The first-order valence-corrected chi connectivity index (χ1v) is 6.51. The molecule has 0 aromatic heterocycles. The minimum atomic E-state index is -3.27. The lowest BCUT2D eigenvalue weighted by Crippen LogP contribution is -2.13. The highest BCUT2D eigenvalue weighted by Gasteiger charge is 2.09. The molecule has 0 saturated carbocycles. The van der Waals surface area contributed by atoms with Gasteiger partial charge in [-0.25, -0.2) is 0 Å². The summed E-state index contributed by atoms with van der Waals surface area (Å²) >= 11 is 0. The first-order valence-electron chi connectivity index (χ1n) is 4.69. The quantitative estimate of drug-likeness (QED) is 0.628. The summed E-state index contributed by atoms with van der Waals surface area (Å²) in [4.78, 5) is 0. The molecule has 0 aliphatic carbocycles. The summed E-state index contributed by atoms with van der Waals surface area (Å²) in [7, 11) is -3.27. The molecule has 0 N–H and O–H groups in total. The molecule has 80 valence electrons. The highest BCUT2D eigenvalue weighted by molar-refractivity contribution is 7.86. The number of rotatable bonds is 6. The summed E-state index contributed by atoms with van der Waals surface area (Å²) in [6, 6.07) is 0. The van der Waals surface area contributed by atoms with E-state index in [1.807, 2.05) is 0 Å². The topological polar surface area (TPSA) is 43.4 Å². The van der Waals surface area contributed by atoms with Crippen LogP contribution in [0.2, 0.25) is 0 Å². The Kier molecular flexibility index (Phi) is 5.56. The predicted octanol–water partition coefficient (Wildman–Crippen LogP) is 2.18. The lowest BCUT2D eigenvalue weighted by atomic mass is 10.1. The van der Waals surface area contributed by atoms with Crippen LogP contribution in [0.15, 0.2) is 0 Å². The van der Waals surface area contributed by atoms with Crippen molar-refractivity contribution in [3.63, 3.8) is 0 Å². The molecule has 3 nitrogen and oxygen atoms in total. The molecule has 0 spiro atoms. The zero-order valence-corrected chi connectivity index (χ0v) is 9.73. The largest absolute Gasteiger partial charge is 0.267 e. The fraction of sp³-hybridized carbons (Fsp3) is 1.00. The zero-order valence-electron chi connectivity index (χ0n) is 8.91. The van der Waals surface area contributed by atoms with Crippen molar-refractivity contribution in [3.05, 3.63) is 0 Å². The molecule has 0 heterocycles. The van der Waals surface area contributed by atoms with E-state index in [9.17, 15) is 8.42 Å². The number of hydrogen-bond acceptors (Lipinski definition) is 3. The zero-order chi connectivity index (χ0) is 10.5. The van der Waals surface area contributed by atoms with E-state index in [-0.39, 0.29) is 6.10 Å². The standard InChI is InChI=1S/C9H20O3S/c1-8(2)6-5-7-9(3)12-13(4,10)11/h8-9H,5-7H2,1-4H3/t9-/m1/s1. The monoisotopic (exact) mass is 208 g/mol. The Labute approximate surface area is 81.6 Å². The lowest BCUT2D eigenvalue weighted by molar-refractivity contribution is 0.214. The third kappa shape index (κ3) is 9.83. The molecule has 0 radical (unpaired) electrons. The minimum absolute atomic E-state index is 0.186. The van der Waals surface area contributed by atoms with Crippen LogP contribution in [0.5, 0.6) is 0 Å². The Morgan fingerprint density at radius 1 is 1.15 bits per heavy atom. The molecule has 0 fully saturated rings. The maximum Gasteiger partial charge on any atom is 0.264 e. The second-order valence-electron chi connectivity index (χ2n) is 3.94. The fourth-order valence-electron chi connectivity index (χ4n) is 1.16. The molecule has 1 atom stereocenters. The fourth-order valence-corrected chi connectivity index (χ4v) is 1.85. The predicted molar refractivity (Wildman–Crippen MR) is 54.1 cm³/mol. The molecule has 0 saturated heterocycles. The van der Waals surface area contributed by atoms with E-state index in [1.165, 1.54) is 0 Å². The Balaban J connectivity index is 3.58. The van der Waals surface area contributed by atoms with Crippen molar-refractivity contribution < 1.29 is 12.6 Å². The van der Waals surface area contributed by atoms with Crippen LogP contribution in [-0.4, -0.2) is 20.8 Å². The van der Waals surface area contributed by atoms with Gasteiger partial charge >= 0.3 is 0 Å². The molecule has 0 aromatic carbocycles. The Morgan fingerprint density at radius 2 is 1.69 bits per heavy atom. The van der Waals surface area contributed by atoms with Crippen LogP contribution in [0.4, 0.5) is 0 Å². The van der Waals surface area contributed by atoms with Crippen LogP contribution < -0.4 is 0 Å². The highest BCUT2D eigenvalue weighted by Crippen LogP contribution is 2.11. The van der Waals surface area contributed by atoms with Gasteiger partial charge in [0.15, 0.2) is 0 Å². The van der Waals surface area contributed by atoms with Crippen LogP contribution in [0.3, 0.4) is 0 Å². The van der Waals surface area contributed by atoms with Crippen LogP contribution in [0.25, 0.3) is 0 Å². The van der Waals surface area contributed by atoms with Crippen molar-refractivity contribution in [3.8, 4) is 0 Å². The summed E-state index contributed by atoms with van der Waals surface area (Å²) in [6.07, 6.45) is 3.86. The van der Waals surface area contributed by atoms with Crippen molar-refractivity contribution in [1.82, 2.24) is 0 Å². The van der Waals surface area contributed by atoms with Crippen LogP contribution >= 0.6 is 0 Å². The molecule has 0 aliphatic rings. The van der Waals surface area contributed by atoms with Gasteiger partial charge in [0, 0.05) is 0 Å². The SMILES string of the molecule is CC(C)CCC[C@@H](C)OS(C)(=O)=O. The molecule has 0 aliphatic heterocycles. The van der Waals surface area contributed by atoms with Crippen LogP contribution in [0, 0.1) is 5.92 Å². The van der Waals surface area contributed by atoms with Crippen molar-refractivity contribution in [2.24, 2.45) is 5.92 Å². The number of hydrogen-bond donors (Lipinski definition) is 0. The van der Waals surface area contributed by atoms with E-state index >= 15 is 0 Å². The summed E-state index contributed by atoms with van der Waals surface area (Å²) < 4.78 is 26.2. The summed E-state index contributed by atoms with van der Waals surface area (Å²) in [5, 5.41) is 0. The molecular formula is C9H20O3S. The minimum Gasteiger partial charge on any atom is -0.267 e. The smallest absolute Gasteiger partial charge is 0.264 e. The van der Waals surface area contributed by atoms with E-state index < -0.39 is 10.1 Å². The second kappa shape index (κ2) is 5.60. The van der Waals surface area contributed by atoms with E-state index in [0.717, 1.165) is 25.5 Å². The second-order valence-corrected chi connectivity index (χ2v) is 5.54. The maximum absolute atomic E-state index is 10.7. The van der Waals surface area contributed by atoms with E-state index in [4.69, 9.17) is 4.18 Å².